The van der Waals surface area contributed by atoms with Gasteiger partial charge in [0.05, 0.1) is 23.1 Å². The molecule has 0 spiro atoms. The van der Waals surface area contributed by atoms with E-state index in [0.717, 1.165) is 27.6 Å². The molecule has 0 radical (unpaired) electrons. The van der Waals surface area contributed by atoms with Gasteiger partial charge in [0.2, 0.25) is 5.91 Å². The molecule has 1 atom stereocenters. The Morgan fingerprint density at radius 2 is 1.88 bits per heavy atom. The first-order chi connectivity index (χ1) is 11.2. The first-order valence-corrected chi connectivity index (χ1v) is 10.4. The van der Waals surface area contributed by atoms with Crippen LogP contribution in [0.5, 0.6) is 0 Å². The van der Waals surface area contributed by atoms with Crippen molar-refractivity contribution in [3.05, 3.63) is 45.4 Å². The van der Waals surface area contributed by atoms with Gasteiger partial charge in [-0.3, -0.25) is 4.79 Å². The maximum absolute atomic E-state index is 12.3. The van der Waals surface area contributed by atoms with Crippen LogP contribution in [0.1, 0.15) is 40.5 Å². The lowest BCUT2D eigenvalue weighted by molar-refractivity contribution is -0.121. The molecule has 0 unspecified atom stereocenters. The summed E-state index contributed by atoms with van der Waals surface area (Å²) in [5.74, 6) is -0.0977. The summed E-state index contributed by atoms with van der Waals surface area (Å²) < 4.78 is 22.9. The number of sulfone groups is 1. The van der Waals surface area contributed by atoms with Crippen LogP contribution in [0.15, 0.2) is 29.2 Å². The first-order valence-electron chi connectivity index (χ1n) is 7.73. The Bertz CT molecular complexity index is 805. The van der Waals surface area contributed by atoms with E-state index in [1.807, 2.05) is 20.8 Å². The molecule has 1 aromatic heterocycles. The van der Waals surface area contributed by atoms with E-state index < -0.39 is 9.84 Å². The zero-order valence-electron chi connectivity index (χ0n) is 14.3. The standard InChI is InChI=1S/C17H22N2O3S2/c1-5-15(17-18-11(2)12(3)23-17)19-16(20)10-13-6-8-14(9-7-13)24(4,21)22/h6-9,15H,5,10H2,1-4H3,(H,19,20)/t15-/m0/s1. The van der Waals surface area contributed by atoms with Crippen molar-refractivity contribution >= 4 is 27.1 Å². The van der Waals surface area contributed by atoms with Gasteiger partial charge in [-0.15, -0.1) is 11.3 Å². The molecule has 0 saturated carbocycles. The van der Waals surface area contributed by atoms with E-state index in [-0.39, 0.29) is 23.3 Å². The molecule has 130 valence electrons. The molecule has 0 saturated heterocycles. The summed E-state index contributed by atoms with van der Waals surface area (Å²) in [5.41, 5.74) is 1.78. The van der Waals surface area contributed by atoms with E-state index >= 15 is 0 Å². The molecule has 7 heteroatoms. The lowest BCUT2D eigenvalue weighted by atomic mass is 10.1. The molecule has 24 heavy (non-hydrogen) atoms. The first kappa shape index (κ1) is 18.6. The SMILES string of the molecule is CC[C@H](NC(=O)Cc1ccc(S(C)(=O)=O)cc1)c1nc(C)c(C)s1. The van der Waals surface area contributed by atoms with Gasteiger partial charge in [-0.05, 0) is 38.0 Å². The van der Waals surface area contributed by atoms with Crippen LogP contribution < -0.4 is 5.32 Å². The second kappa shape index (κ2) is 7.44. The highest BCUT2D eigenvalue weighted by Gasteiger charge is 2.17. The van der Waals surface area contributed by atoms with Gasteiger partial charge in [-0.2, -0.15) is 0 Å². The topological polar surface area (TPSA) is 76.1 Å². The van der Waals surface area contributed by atoms with Crippen molar-refractivity contribution in [2.45, 2.75) is 44.6 Å². The smallest absolute Gasteiger partial charge is 0.224 e. The Labute approximate surface area is 147 Å². The van der Waals surface area contributed by atoms with Crippen molar-refractivity contribution in [1.29, 1.82) is 0 Å². The van der Waals surface area contributed by atoms with Crippen LogP contribution in [0.25, 0.3) is 0 Å². The maximum Gasteiger partial charge on any atom is 0.224 e. The zero-order chi connectivity index (χ0) is 17.9. The fourth-order valence-corrected chi connectivity index (χ4v) is 3.96. The van der Waals surface area contributed by atoms with Crippen LogP contribution >= 0.6 is 11.3 Å². The highest BCUT2D eigenvalue weighted by molar-refractivity contribution is 7.90. The number of carbonyl (C=O) groups excluding carboxylic acids is 1. The molecule has 1 amide bonds. The molecule has 1 N–H and O–H groups in total. The molecule has 1 heterocycles. The summed E-state index contributed by atoms with van der Waals surface area (Å²) in [7, 11) is -3.22. The number of benzene rings is 1. The third-order valence-electron chi connectivity index (χ3n) is 3.80. The molecule has 0 bridgehead atoms. The Balaban J connectivity index is 2.03. The van der Waals surface area contributed by atoms with Gasteiger partial charge in [-0.1, -0.05) is 19.1 Å². The minimum Gasteiger partial charge on any atom is -0.347 e. The summed E-state index contributed by atoms with van der Waals surface area (Å²) in [4.78, 5) is 18.2. The van der Waals surface area contributed by atoms with Crippen LogP contribution in [0.3, 0.4) is 0 Å². The summed E-state index contributed by atoms with van der Waals surface area (Å²) in [6.45, 7) is 6.00. The van der Waals surface area contributed by atoms with Crippen LogP contribution in [-0.2, 0) is 21.1 Å². The number of aryl methyl sites for hydroxylation is 2. The van der Waals surface area contributed by atoms with Crippen molar-refractivity contribution in [2.75, 3.05) is 6.26 Å². The van der Waals surface area contributed by atoms with Crippen molar-refractivity contribution in [1.82, 2.24) is 10.3 Å². The van der Waals surface area contributed by atoms with E-state index in [4.69, 9.17) is 0 Å². The molecule has 0 fully saturated rings. The second-order valence-corrected chi connectivity index (χ2v) is 9.07. The van der Waals surface area contributed by atoms with Gasteiger partial charge in [-0.25, -0.2) is 13.4 Å². The number of thiazole rings is 1. The third kappa shape index (κ3) is 4.64. The van der Waals surface area contributed by atoms with Crippen LogP contribution in [-0.4, -0.2) is 25.6 Å². The van der Waals surface area contributed by atoms with E-state index in [1.165, 1.54) is 18.4 Å². The van der Waals surface area contributed by atoms with Gasteiger partial charge < -0.3 is 5.32 Å². The minimum atomic E-state index is -3.22. The van der Waals surface area contributed by atoms with Gasteiger partial charge in [0.15, 0.2) is 9.84 Å². The summed E-state index contributed by atoms with van der Waals surface area (Å²) >= 11 is 1.61. The van der Waals surface area contributed by atoms with Gasteiger partial charge in [0, 0.05) is 11.1 Å². The quantitative estimate of drug-likeness (QED) is 0.853. The number of nitrogens with one attached hydrogen (secondary N) is 1. The monoisotopic (exact) mass is 366 g/mol. The number of hydrogen-bond acceptors (Lipinski definition) is 5. The highest BCUT2D eigenvalue weighted by Crippen LogP contribution is 2.25. The molecule has 1 aromatic carbocycles. The van der Waals surface area contributed by atoms with Crippen LogP contribution in [0, 0.1) is 13.8 Å². The predicted molar refractivity (Wildman–Crippen MR) is 96.0 cm³/mol. The van der Waals surface area contributed by atoms with E-state index in [9.17, 15) is 13.2 Å². The van der Waals surface area contributed by atoms with E-state index in [2.05, 4.69) is 10.3 Å². The average Bonchev–Trinajstić information content (AvgIpc) is 2.84. The van der Waals surface area contributed by atoms with Crippen molar-refractivity contribution in [3.63, 3.8) is 0 Å². The van der Waals surface area contributed by atoms with Gasteiger partial charge >= 0.3 is 0 Å². The Kier molecular flexibility index (Phi) is 5.77. The Hall–Kier alpha value is -1.73. The zero-order valence-corrected chi connectivity index (χ0v) is 15.9. The number of carbonyl (C=O) groups is 1. The van der Waals surface area contributed by atoms with E-state index in [1.54, 1.807) is 23.5 Å². The molecule has 0 aliphatic rings. The van der Waals surface area contributed by atoms with Crippen molar-refractivity contribution in [3.8, 4) is 0 Å². The second-order valence-electron chi connectivity index (χ2n) is 5.81. The predicted octanol–water partition coefficient (Wildman–Crippen LogP) is 2.97. The number of amides is 1. The van der Waals surface area contributed by atoms with Crippen LogP contribution in [0.4, 0.5) is 0 Å². The highest BCUT2D eigenvalue weighted by atomic mass is 32.2. The number of hydrogen-bond donors (Lipinski definition) is 1. The molecular weight excluding hydrogens is 344 g/mol. The van der Waals surface area contributed by atoms with E-state index in [0.29, 0.717) is 0 Å². The van der Waals surface area contributed by atoms with Crippen molar-refractivity contribution in [2.24, 2.45) is 0 Å². The normalized spacial score (nSPS) is 12.8. The largest absolute Gasteiger partial charge is 0.347 e. The lowest BCUT2D eigenvalue weighted by Gasteiger charge is -2.14. The maximum atomic E-state index is 12.3. The Morgan fingerprint density at radius 1 is 1.25 bits per heavy atom. The average molecular weight is 367 g/mol. The van der Waals surface area contributed by atoms with Crippen LogP contribution in [0.2, 0.25) is 0 Å². The number of rotatable bonds is 6. The summed E-state index contributed by atoms with van der Waals surface area (Å²) in [6.07, 6.45) is 2.15. The lowest BCUT2D eigenvalue weighted by Crippen LogP contribution is -2.29. The van der Waals surface area contributed by atoms with Gasteiger partial charge in [0.1, 0.15) is 5.01 Å². The minimum absolute atomic E-state index is 0.0924. The number of nitrogens with zero attached hydrogens (tertiary/aromatic N) is 1. The Morgan fingerprint density at radius 3 is 2.33 bits per heavy atom. The van der Waals surface area contributed by atoms with Gasteiger partial charge in [0.25, 0.3) is 0 Å². The summed E-state index contributed by atoms with van der Waals surface area (Å²) in [6, 6.07) is 6.32. The fraction of sp³-hybridized carbons (Fsp3) is 0.412. The fourth-order valence-electron chi connectivity index (χ4n) is 2.27. The number of aromatic nitrogens is 1. The molecule has 0 aliphatic carbocycles. The molecule has 2 aromatic rings. The molecule has 0 aliphatic heterocycles. The summed E-state index contributed by atoms with van der Waals surface area (Å²) in [5, 5.41) is 3.93. The molecule has 5 nitrogen and oxygen atoms in total. The van der Waals surface area contributed by atoms with Crippen molar-refractivity contribution < 1.29 is 13.2 Å². The molecule has 2 rings (SSSR count). The third-order valence-corrected chi connectivity index (χ3v) is 6.12. The molecular formula is C17H22N2O3S2.